The number of benzene rings is 1. The third-order valence-electron chi connectivity index (χ3n) is 4.50. The lowest BCUT2D eigenvalue weighted by atomic mass is 9.97. The maximum absolute atomic E-state index is 11.6. The molecule has 0 amide bonds. The highest BCUT2D eigenvalue weighted by Crippen LogP contribution is 2.23. The average Bonchev–Trinajstić information content (AvgIpc) is 2.49. The second kappa shape index (κ2) is 7.75. The number of carbonyl (C=O) groups excluding carboxylic acids is 1. The number of hydrogen-bond acceptors (Lipinski definition) is 4. The predicted octanol–water partition coefficient (Wildman–Crippen LogP) is 2.89. The summed E-state index contributed by atoms with van der Waals surface area (Å²) in [7, 11) is 0. The van der Waals surface area contributed by atoms with Crippen LogP contribution in [0.2, 0.25) is 0 Å². The van der Waals surface area contributed by atoms with Gasteiger partial charge in [-0.1, -0.05) is 18.6 Å². The Morgan fingerprint density at radius 1 is 1.32 bits per heavy atom. The molecule has 1 fully saturated rings. The summed E-state index contributed by atoms with van der Waals surface area (Å²) < 4.78 is 5.67. The molecule has 22 heavy (non-hydrogen) atoms. The molecule has 0 aliphatic carbocycles. The van der Waals surface area contributed by atoms with Gasteiger partial charge in [0.1, 0.15) is 18.5 Å². The van der Waals surface area contributed by atoms with E-state index < -0.39 is 6.10 Å². The second-order valence-corrected chi connectivity index (χ2v) is 6.34. The third-order valence-corrected chi connectivity index (χ3v) is 4.50. The van der Waals surface area contributed by atoms with Crippen LogP contribution in [0.4, 0.5) is 0 Å². The number of rotatable bonds is 6. The lowest BCUT2D eigenvalue weighted by molar-refractivity contribution is 0.0207. The van der Waals surface area contributed by atoms with Crippen molar-refractivity contribution in [2.45, 2.75) is 58.2 Å². The van der Waals surface area contributed by atoms with Gasteiger partial charge in [-0.05, 0) is 45.7 Å². The van der Waals surface area contributed by atoms with Crippen molar-refractivity contribution in [1.82, 2.24) is 4.90 Å². The molecular formula is C18H27NO3. The molecule has 0 radical (unpaired) electrons. The molecular weight excluding hydrogens is 278 g/mol. The standard InChI is InChI=1S/C18H27NO3/c1-13-7-6-8-14(2)19(13)11-16(21)12-22-18-10-5-4-9-17(18)15(3)20/h4-5,9-10,13-14,16,21H,6-8,11-12H2,1-3H3. The number of aliphatic hydroxyl groups excluding tert-OH is 1. The van der Waals surface area contributed by atoms with Crippen LogP contribution in [-0.4, -0.2) is 47.1 Å². The number of ketones is 1. The van der Waals surface area contributed by atoms with Crippen LogP contribution in [0.25, 0.3) is 0 Å². The van der Waals surface area contributed by atoms with E-state index in [4.69, 9.17) is 4.74 Å². The number of hydrogen-bond donors (Lipinski definition) is 1. The number of aliphatic hydroxyl groups is 1. The average molecular weight is 305 g/mol. The van der Waals surface area contributed by atoms with Gasteiger partial charge in [0, 0.05) is 18.6 Å². The summed E-state index contributed by atoms with van der Waals surface area (Å²) in [5, 5.41) is 10.3. The first-order valence-corrected chi connectivity index (χ1v) is 8.15. The van der Waals surface area contributed by atoms with Crippen molar-refractivity contribution >= 4 is 5.78 Å². The van der Waals surface area contributed by atoms with E-state index in [0.717, 1.165) is 0 Å². The molecule has 1 aliphatic rings. The summed E-state index contributed by atoms with van der Waals surface area (Å²) >= 11 is 0. The fraction of sp³-hybridized carbons (Fsp3) is 0.611. The zero-order valence-corrected chi connectivity index (χ0v) is 13.8. The Kier molecular flexibility index (Phi) is 5.98. The SMILES string of the molecule is CC(=O)c1ccccc1OCC(O)CN1C(C)CCCC1C. The van der Waals surface area contributed by atoms with Crippen molar-refractivity contribution in [2.75, 3.05) is 13.2 Å². The highest BCUT2D eigenvalue weighted by atomic mass is 16.5. The van der Waals surface area contributed by atoms with Gasteiger partial charge in [0.25, 0.3) is 0 Å². The molecule has 2 rings (SSSR count). The second-order valence-electron chi connectivity index (χ2n) is 6.34. The summed E-state index contributed by atoms with van der Waals surface area (Å²) in [5.74, 6) is 0.525. The summed E-state index contributed by atoms with van der Waals surface area (Å²) in [6, 6.07) is 8.18. The van der Waals surface area contributed by atoms with Gasteiger partial charge in [-0.25, -0.2) is 0 Å². The number of piperidine rings is 1. The van der Waals surface area contributed by atoms with Crippen molar-refractivity contribution in [3.8, 4) is 5.75 Å². The maximum Gasteiger partial charge on any atom is 0.163 e. The number of nitrogens with zero attached hydrogens (tertiary/aromatic N) is 1. The van der Waals surface area contributed by atoms with E-state index in [1.807, 2.05) is 12.1 Å². The fourth-order valence-corrected chi connectivity index (χ4v) is 3.20. The zero-order chi connectivity index (χ0) is 16.1. The lowest BCUT2D eigenvalue weighted by Gasteiger charge is -2.40. The van der Waals surface area contributed by atoms with Crippen molar-refractivity contribution in [1.29, 1.82) is 0 Å². The molecule has 0 aromatic heterocycles. The van der Waals surface area contributed by atoms with E-state index in [1.165, 1.54) is 26.2 Å². The van der Waals surface area contributed by atoms with Crippen LogP contribution in [0.3, 0.4) is 0 Å². The van der Waals surface area contributed by atoms with Crippen LogP contribution in [0.1, 0.15) is 50.4 Å². The highest BCUT2D eigenvalue weighted by molar-refractivity contribution is 5.96. The molecule has 1 aromatic carbocycles. The topological polar surface area (TPSA) is 49.8 Å². The largest absolute Gasteiger partial charge is 0.490 e. The molecule has 1 aromatic rings. The monoisotopic (exact) mass is 305 g/mol. The van der Waals surface area contributed by atoms with Crippen molar-refractivity contribution < 1.29 is 14.6 Å². The molecule has 3 atom stereocenters. The Labute approximate surface area is 133 Å². The summed E-state index contributed by atoms with van der Waals surface area (Å²) in [6.07, 6.45) is 3.08. The van der Waals surface area contributed by atoms with Crippen LogP contribution in [0.15, 0.2) is 24.3 Å². The van der Waals surface area contributed by atoms with Crippen molar-refractivity contribution in [2.24, 2.45) is 0 Å². The van der Waals surface area contributed by atoms with Gasteiger partial charge in [-0.3, -0.25) is 9.69 Å². The van der Waals surface area contributed by atoms with E-state index >= 15 is 0 Å². The molecule has 1 N–H and O–H groups in total. The Bertz CT molecular complexity index is 493. The van der Waals surface area contributed by atoms with Gasteiger partial charge in [0.15, 0.2) is 5.78 Å². The van der Waals surface area contributed by atoms with Crippen LogP contribution >= 0.6 is 0 Å². The number of ether oxygens (including phenoxy) is 1. The summed E-state index contributed by atoms with van der Waals surface area (Å²) in [6.45, 7) is 6.78. The number of likely N-dealkylation sites (tertiary alicyclic amines) is 1. The van der Waals surface area contributed by atoms with Crippen molar-refractivity contribution in [3.63, 3.8) is 0 Å². The first-order valence-electron chi connectivity index (χ1n) is 8.15. The van der Waals surface area contributed by atoms with Gasteiger partial charge in [-0.15, -0.1) is 0 Å². The molecule has 4 heteroatoms. The molecule has 122 valence electrons. The maximum atomic E-state index is 11.6. The molecule has 1 aliphatic heterocycles. The van der Waals surface area contributed by atoms with E-state index in [2.05, 4.69) is 18.7 Å². The molecule has 0 saturated carbocycles. The smallest absolute Gasteiger partial charge is 0.163 e. The van der Waals surface area contributed by atoms with Gasteiger partial charge in [0.2, 0.25) is 0 Å². The normalized spacial score (nSPS) is 24.0. The van der Waals surface area contributed by atoms with Crippen LogP contribution in [-0.2, 0) is 0 Å². The Morgan fingerprint density at radius 3 is 2.59 bits per heavy atom. The molecule has 1 saturated heterocycles. The Hall–Kier alpha value is -1.39. The van der Waals surface area contributed by atoms with E-state index in [0.29, 0.717) is 29.9 Å². The number of Topliss-reactive ketones (excluding diaryl/α,β-unsaturated/α-hetero) is 1. The zero-order valence-electron chi connectivity index (χ0n) is 13.8. The minimum absolute atomic E-state index is 0.0247. The Morgan fingerprint density at radius 2 is 1.95 bits per heavy atom. The first kappa shape index (κ1) is 17.0. The minimum Gasteiger partial charge on any atom is -0.490 e. The summed E-state index contributed by atoms with van der Waals surface area (Å²) in [5.41, 5.74) is 0.564. The van der Waals surface area contributed by atoms with Crippen molar-refractivity contribution in [3.05, 3.63) is 29.8 Å². The number of para-hydroxylation sites is 1. The van der Waals surface area contributed by atoms with Crippen LogP contribution < -0.4 is 4.74 Å². The van der Waals surface area contributed by atoms with E-state index in [1.54, 1.807) is 12.1 Å². The van der Waals surface area contributed by atoms with E-state index in [9.17, 15) is 9.90 Å². The van der Waals surface area contributed by atoms with Gasteiger partial charge < -0.3 is 9.84 Å². The third kappa shape index (κ3) is 4.31. The molecule has 0 spiro atoms. The minimum atomic E-state index is -0.553. The quantitative estimate of drug-likeness (QED) is 0.821. The fourth-order valence-electron chi connectivity index (χ4n) is 3.20. The molecule has 3 unspecified atom stereocenters. The number of β-amino-alcohol motifs (C(OH)–C–C–N with tert-alkyl or cyclic N) is 1. The van der Waals surface area contributed by atoms with E-state index in [-0.39, 0.29) is 12.4 Å². The highest BCUT2D eigenvalue weighted by Gasteiger charge is 2.26. The summed E-state index contributed by atoms with van der Waals surface area (Å²) in [4.78, 5) is 13.9. The number of carbonyl (C=O) groups is 1. The van der Waals surface area contributed by atoms with Gasteiger partial charge in [0.05, 0.1) is 5.56 Å². The molecule has 1 heterocycles. The van der Waals surface area contributed by atoms with Gasteiger partial charge in [-0.2, -0.15) is 0 Å². The predicted molar refractivity (Wildman–Crippen MR) is 87.4 cm³/mol. The van der Waals surface area contributed by atoms with Crippen LogP contribution in [0, 0.1) is 0 Å². The lowest BCUT2D eigenvalue weighted by Crippen LogP contribution is -2.48. The Balaban J connectivity index is 1.90. The van der Waals surface area contributed by atoms with Gasteiger partial charge >= 0.3 is 0 Å². The molecule has 4 nitrogen and oxygen atoms in total. The first-order chi connectivity index (χ1) is 10.5. The van der Waals surface area contributed by atoms with Crippen LogP contribution in [0.5, 0.6) is 5.75 Å². The molecule has 0 bridgehead atoms.